The molecule has 2 fully saturated rings. The predicted molar refractivity (Wildman–Crippen MR) is 118 cm³/mol. The monoisotopic (exact) mass is 417 g/mol. The minimum Gasteiger partial charge on any atom is -0.444 e. The van der Waals surface area contributed by atoms with Gasteiger partial charge in [0.25, 0.3) is 0 Å². The summed E-state index contributed by atoms with van der Waals surface area (Å²) >= 11 is 0. The summed E-state index contributed by atoms with van der Waals surface area (Å²) in [5.41, 5.74) is 0.147. The highest BCUT2D eigenvalue weighted by Gasteiger charge is 2.51. The van der Waals surface area contributed by atoms with Crippen LogP contribution in [0.15, 0.2) is 24.3 Å². The number of morpholine rings is 1. The summed E-state index contributed by atoms with van der Waals surface area (Å²) in [6.07, 6.45) is -0.323. The van der Waals surface area contributed by atoms with Gasteiger partial charge in [-0.05, 0) is 73.3 Å². The van der Waals surface area contributed by atoms with Crippen molar-refractivity contribution in [2.75, 3.05) is 13.2 Å². The molecule has 0 aliphatic carbocycles. The number of benzene rings is 1. The maximum Gasteiger partial charge on any atom is 0.494 e. The van der Waals surface area contributed by atoms with Gasteiger partial charge >= 0.3 is 13.2 Å². The summed E-state index contributed by atoms with van der Waals surface area (Å²) in [5.74, 6) is 0. The third kappa shape index (κ3) is 4.53. The molecule has 30 heavy (non-hydrogen) atoms. The van der Waals surface area contributed by atoms with Gasteiger partial charge in [-0.2, -0.15) is 0 Å². The van der Waals surface area contributed by atoms with E-state index in [0.29, 0.717) is 13.2 Å². The highest BCUT2D eigenvalue weighted by Crippen LogP contribution is 2.37. The quantitative estimate of drug-likeness (QED) is 0.679. The van der Waals surface area contributed by atoms with Gasteiger partial charge in [0, 0.05) is 0 Å². The number of amides is 1. The number of ether oxygens (including phenoxy) is 2. The van der Waals surface area contributed by atoms with Gasteiger partial charge in [-0.1, -0.05) is 24.3 Å². The summed E-state index contributed by atoms with van der Waals surface area (Å²) in [6.45, 7) is 18.7. The van der Waals surface area contributed by atoms with Crippen molar-refractivity contribution < 1.29 is 23.6 Å². The Kier molecular flexibility index (Phi) is 5.80. The first-order valence-corrected chi connectivity index (χ1v) is 10.7. The van der Waals surface area contributed by atoms with Gasteiger partial charge in [-0.3, -0.25) is 4.90 Å². The van der Waals surface area contributed by atoms with Crippen LogP contribution in [0.2, 0.25) is 0 Å². The molecule has 0 spiro atoms. The molecule has 1 amide bonds. The SMILES string of the molecule is CC(C)(C)OC(=O)N1C(c2ccc(B3OC(C)(C)C(C)(C)O3)cc2)COCC1(C)C. The van der Waals surface area contributed by atoms with E-state index < -0.39 is 18.3 Å². The van der Waals surface area contributed by atoms with Gasteiger partial charge < -0.3 is 18.8 Å². The Labute approximate surface area is 181 Å². The molecule has 7 heteroatoms. The number of carbonyl (C=O) groups excluding carboxylic acids is 1. The van der Waals surface area contributed by atoms with E-state index in [4.69, 9.17) is 18.8 Å². The lowest BCUT2D eigenvalue weighted by Crippen LogP contribution is -2.57. The Morgan fingerprint density at radius 1 is 1.03 bits per heavy atom. The largest absolute Gasteiger partial charge is 0.494 e. The molecule has 0 aromatic heterocycles. The Morgan fingerprint density at radius 2 is 1.57 bits per heavy atom. The molecule has 1 atom stereocenters. The molecule has 1 aromatic rings. The van der Waals surface area contributed by atoms with Gasteiger partial charge in [0.15, 0.2) is 0 Å². The van der Waals surface area contributed by atoms with Crippen molar-refractivity contribution in [1.82, 2.24) is 4.90 Å². The molecule has 0 saturated carbocycles. The lowest BCUT2D eigenvalue weighted by atomic mass is 9.78. The fourth-order valence-corrected chi connectivity index (χ4v) is 3.77. The average molecular weight is 417 g/mol. The van der Waals surface area contributed by atoms with Crippen molar-refractivity contribution in [2.24, 2.45) is 0 Å². The summed E-state index contributed by atoms with van der Waals surface area (Å²) in [6, 6.07) is 7.83. The zero-order valence-electron chi connectivity index (χ0n) is 19.9. The number of nitrogens with zero attached hydrogens (tertiary/aromatic N) is 1. The smallest absolute Gasteiger partial charge is 0.444 e. The first kappa shape index (κ1) is 23.1. The van der Waals surface area contributed by atoms with Crippen LogP contribution in [0, 0.1) is 0 Å². The molecule has 3 rings (SSSR count). The standard InChI is InChI=1S/C23H36BNO5/c1-20(2,3)28-19(26)25-18(14-27-15-21(25,4)5)16-10-12-17(13-11-16)24-29-22(6,7)23(8,9)30-24/h10-13,18H,14-15H2,1-9H3. The normalized spacial score (nSPS) is 25.3. The first-order valence-electron chi connectivity index (χ1n) is 10.7. The van der Waals surface area contributed by atoms with Crippen LogP contribution in [0.3, 0.4) is 0 Å². The maximum atomic E-state index is 13.0. The van der Waals surface area contributed by atoms with E-state index >= 15 is 0 Å². The molecule has 0 radical (unpaired) electrons. The van der Waals surface area contributed by atoms with Crippen LogP contribution in [0.1, 0.15) is 73.9 Å². The second kappa shape index (κ2) is 7.54. The predicted octanol–water partition coefficient (Wildman–Crippen LogP) is 4.07. The number of carbonyl (C=O) groups is 1. The highest BCUT2D eigenvalue weighted by atomic mass is 16.7. The molecular formula is C23H36BNO5. The molecule has 0 N–H and O–H groups in total. The van der Waals surface area contributed by atoms with Crippen LogP contribution < -0.4 is 5.46 Å². The van der Waals surface area contributed by atoms with E-state index in [-0.39, 0.29) is 23.3 Å². The third-order valence-electron chi connectivity index (χ3n) is 6.13. The second-order valence-electron chi connectivity index (χ2n) is 10.9. The Bertz CT molecular complexity index is 766. The maximum absolute atomic E-state index is 13.0. The van der Waals surface area contributed by atoms with Crippen molar-refractivity contribution in [2.45, 2.75) is 90.7 Å². The second-order valence-corrected chi connectivity index (χ2v) is 10.9. The zero-order chi connectivity index (χ0) is 22.5. The molecule has 166 valence electrons. The molecule has 2 heterocycles. The van der Waals surface area contributed by atoms with Gasteiger partial charge in [0.2, 0.25) is 0 Å². The van der Waals surface area contributed by atoms with E-state index in [0.717, 1.165) is 11.0 Å². The fraction of sp³-hybridized carbons (Fsp3) is 0.696. The van der Waals surface area contributed by atoms with Gasteiger partial charge in [-0.15, -0.1) is 0 Å². The highest BCUT2D eigenvalue weighted by molar-refractivity contribution is 6.62. The summed E-state index contributed by atoms with van der Waals surface area (Å²) in [7, 11) is -0.412. The summed E-state index contributed by atoms with van der Waals surface area (Å²) in [4.78, 5) is 14.9. The lowest BCUT2D eigenvalue weighted by Gasteiger charge is -2.47. The van der Waals surface area contributed by atoms with Gasteiger partial charge in [-0.25, -0.2) is 4.79 Å². The summed E-state index contributed by atoms with van der Waals surface area (Å²) in [5, 5.41) is 0. The van der Waals surface area contributed by atoms with E-state index in [9.17, 15) is 4.79 Å². The van der Waals surface area contributed by atoms with Crippen molar-refractivity contribution in [3.05, 3.63) is 29.8 Å². The zero-order valence-corrected chi connectivity index (χ0v) is 19.9. The molecule has 0 bridgehead atoms. The number of hydrogen-bond acceptors (Lipinski definition) is 5. The summed E-state index contributed by atoms with van der Waals surface area (Å²) < 4.78 is 23.9. The van der Waals surface area contributed by atoms with Gasteiger partial charge in [0.1, 0.15) is 5.60 Å². The van der Waals surface area contributed by atoms with Crippen LogP contribution in [0.25, 0.3) is 0 Å². The molecule has 1 aromatic carbocycles. The minimum atomic E-state index is -0.559. The first-order chi connectivity index (χ1) is 13.6. The Hall–Kier alpha value is -1.57. The molecule has 2 aliphatic heterocycles. The topological polar surface area (TPSA) is 57.2 Å². The number of hydrogen-bond donors (Lipinski definition) is 0. The lowest BCUT2D eigenvalue weighted by molar-refractivity contribution is -0.0928. The average Bonchev–Trinajstić information content (AvgIpc) is 2.80. The number of rotatable bonds is 2. The molecule has 6 nitrogen and oxygen atoms in total. The van der Waals surface area contributed by atoms with Crippen LogP contribution >= 0.6 is 0 Å². The molecule has 2 aliphatic rings. The minimum absolute atomic E-state index is 0.226. The van der Waals surface area contributed by atoms with E-state index in [1.54, 1.807) is 0 Å². The fourth-order valence-electron chi connectivity index (χ4n) is 3.77. The molecular weight excluding hydrogens is 381 g/mol. The molecule has 1 unspecified atom stereocenters. The van der Waals surface area contributed by atoms with Crippen molar-refractivity contribution in [3.63, 3.8) is 0 Å². The van der Waals surface area contributed by atoms with E-state index in [1.807, 2.05) is 91.5 Å². The van der Waals surface area contributed by atoms with Gasteiger partial charge in [0.05, 0.1) is 36.0 Å². The van der Waals surface area contributed by atoms with Crippen molar-refractivity contribution >= 4 is 18.7 Å². The van der Waals surface area contributed by atoms with Crippen LogP contribution in [0.5, 0.6) is 0 Å². The van der Waals surface area contributed by atoms with Crippen LogP contribution in [0.4, 0.5) is 4.79 Å². The van der Waals surface area contributed by atoms with Crippen LogP contribution in [-0.4, -0.2) is 53.7 Å². The van der Waals surface area contributed by atoms with Crippen molar-refractivity contribution in [3.8, 4) is 0 Å². The Morgan fingerprint density at radius 3 is 2.07 bits per heavy atom. The van der Waals surface area contributed by atoms with E-state index in [1.165, 1.54) is 0 Å². The Balaban J connectivity index is 1.84. The van der Waals surface area contributed by atoms with E-state index in [2.05, 4.69) is 0 Å². The third-order valence-corrected chi connectivity index (χ3v) is 6.13. The molecule has 2 saturated heterocycles. The van der Waals surface area contributed by atoms with Crippen LogP contribution in [-0.2, 0) is 18.8 Å². The van der Waals surface area contributed by atoms with Crippen molar-refractivity contribution in [1.29, 1.82) is 0 Å².